The molecule has 0 aliphatic rings. The normalized spacial score (nSPS) is 14.5. The van der Waals surface area contributed by atoms with E-state index in [1.807, 2.05) is 0 Å². The van der Waals surface area contributed by atoms with Gasteiger partial charge in [-0.05, 0) is 32.0 Å². The molecule has 0 aliphatic carbocycles. The molecule has 0 radical (unpaired) electrons. The molecule has 2 rings (SSSR count). The van der Waals surface area contributed by atoms with Crippen molar-refractivity contribution in [2.24, 2.45) is 0 Å². The smallest absolute Gasteiger partial charge is 0.425 e. The lowest BCUT2D eigenvalue weighted by Crippen LogP contribution is -2.46. The predicted octanol–water partition coefficient (Wildman–Crippen LogP) is 3.29. The molecule has 24 heavy (non-hydrogen) atoms. The Balaban J connectivity index is 2.20. The molecule has 132 valence electrons. The van der Waals surface area contributed by atoms with E-state index in [-0.39, 0.29) is 12.3 Å². The van der Waals surface area contributed by atoms with Gasteiger partial charge >= 0.3 is 6.18 Å². The maximum atomic E-state index is 13.4. The van der Waals surface area contributed by atoms with E-state index in [0.717, 1.165) is 11.0 Å². The molecule has 8 heteroatoms. The molecule has 1 N–H and O–H groups in total. The number of halogens is 3. The quantitative estimate of drug-likeness (QED) is 0.903. The third kappa shape index (κ3) is 3.48. The van der Waals surface area contributed by atoms with E-state index < -0.39 is 29.9 Å². The predicted molar refractivity (Wildman–Crippen MR) is 77.9 cm³/mol. The lowest BCUT2D eigenvalue weighted by Gasteiger charge is -2.29. The molecular weight excluding hydrogens is 327 g/mol. The number of hydrogen-bond acceptors (Lipinski definition) is 4. The van der Waals surface area contributed by atoms with Crippen molar-refractivity contribution in [3.63, 3.8) is 0 Å². The van der Waals surface area contributed by atoms with Gasteiger partial charge in [0.05, 0.1) is 12.7 Å². The highest BCUT2D eigenvalue weighted by molar-refractivity contribution is 5.77. The standard InChI is InChI=1S/C16H18F3NO4/c1-10-4-5-13(24-10)15(22,16(17,18)19)8-14(21)20(3)9-12-6-7-23-11(12)2/h4-7,22H,8-9H2,1-3H3. The number of amides is 1. The van der Waals surface area contributed by atoms with Gasteiger partial charge in [-0.25, -0.2) is 0 Å². The zero-order chi connectivity index (χ0) is 18.1. The van der Waals surface area contributed by atoms with Crippen LogP contribution in [0.4, 0.5) is 13.2 Å². The van der Waals surface area contributed by atoms with E-state index in [1.165, 1.54) is 26.3 Å². The van der Waals surface area contributed by atoms with Gasteiger partial charge in [0.25, 0.3) is 0 Å². The van der Waals surface area contributed by atoms with E-state index >= 15 is 0 Å². The van der Waals surface area contributed by atoms with Crippen LogP contribution in [0.2, 0.25) is 0 Å². The lowest BCUT2D eigenvalue weighted by atomic mass is 9.95. The second-order valence-electron chi connectivity index (χ2n) is 5.70. The first kappa shape index (κ1) is 18.1. The maximum absolute atomic E-state index is 13.4. The van der Waals surface area contributed by atoms with Gasteiger partial charge in [0.2, 0.25) is 11.5 Å². The Bertz CT molecular complexity index is 719. The van der Waals surface area contributed by atoms with Crippen molar-refractivity contribution in [1.82, 2.24) is 4.90 Å². The number of nitrogens with zero attached hydrogens (tertiary/aromatic N) is 1. The molecule has 0 fully saturated rings. The van der Waals surface area contributed by atoms with Crippen LogP contribution in [0.3, 0.4) is 0 Å². The van der Waals surface area contributed by atoms with Crippen LogP contribution >= 0.6 is 0 Å². The molecule has 0 aromatic carbocycles. The number of furan rings is 2. The van der Waals surface area contributed by atoms with Gasteiger partial charge in [-0.15, -0.1) is 0 Å². The summed E-state index contributed by atoms with van der Waals surface area (Å²) in [5.41, 5.74) is -2.70. The maximum Gasteiger partial charge on any atom is 0.425 e. The summed E-state index contributed by atoms with van der Waals surface area (Å²) < 4.78 is 50.1. The van der Waals surface area contributed by atoms with Crippen molar-refractivity contribution in [2.75, 3.05) is 7.05 Å². The Kier molecular flexibility index (Phi) is 4.80. The minimum absolute atomic E-state index is 0.0757. The summed E-state index contributed by atoms with van der Waals surface area (Å²) in [6.07, 6.45) is -4.79. The number of carbonyl (C=O) groups excluding carboxylic acids is 1. The highest BCUT2D eigenvalue weighted by Gasteiger charge is 2.58. The molecule has 0 spiro atoms. The minimum Gasteiger partial charge on any atom is -0.469 e. The average molecular weight is 345 g/mol. The molecule has 0 aliphatic heterocycles. The summed E-state index contributed by atoms with van der Waals surface area (Å²) in [7, 11) is 1.36. The Morgan fingerprint density at radius 1 is 1.25 bits per heavy atom. The van der Waals surface area contributed by atoms with Crippen LogP contribution in [-0.2, 0) is 16.9 Å². The second-order valence-corrected chi connectivity index (χ2v) is 5.70. The molecule has 5 nitrogen and oxygen atoms in total. The highest BCUT2D eigenvalue weighted by atomic mass is 19.4. The van der Waals surface area contributed by atoms with Crippen molar-refractivity contribution in [2.45, 2.75) is 38.6 Å². The molecule has 2 aromatic rings. The monoisotopic (exact) mass is 345 g/mol. The number of aryl methyl sites for hydroxylation is 2. The SMILES string of the molecule is Cc1ccc(C(O)(CC(=O)N(C)Cc2ccoc2C)C(F)(F)F)o1. The lowest BCUT2D eigenvalue weighted by molar-refractivity contribution is -0.274. The van der Waals surface area contributed by atoms with E-state index in [0.29, 0.717) is 11.3 Å². The second kappa shape index (κ2) is 6.35. The first-order valence-electron chi connectivity index (χ1n) is 7.17. The fourth-order valence-electron chi connectivity index (χ4n) is 2.26. The molecule has 1 atom stereocenters. The van der Waals surface area contributed by atoms with Crippen molar-refractivity contribution < 1.29 is 31.9 Å². The van der Waals surface area contributed by atoms with E-state index in [1.54, 1.807) is 13.0 Å². The van der Waals surface area contributed by atoms with Crippen molar-refractivity contribution in [3.05, 3.63) is 47.3 Å². The number of hydrogen-bond donors (Lipinski definition) is 1. The first-order valence-corrected chi connectivity index (χ1v) is 7.17. The number of alkyl halides is 3. The molecule has 1 unspecified atom stereocenters. The fourth-order valence-corrected chi connectivity index (χ4v) is 2.26. The molecule has 0 saturated carbocycles. The Morgan fingerprint density at radius 3 is 2.38 bits per heavy atom. The molecule has 2 heterocycles. The summed E-state index contributed by atoms with van der Waals surface area (Å²) >= 11 is 0. The first-order chi connectivity index (χ1) is 11.0. The largest absolute Gasteiger partial charge is 0.469 e. The summed E-state index contributed by atoms with van der Waals surface area (Å²) in [5.74, 6) is -0.789. The Morgan fingerprint density at radius 2 is 1.92 bits per heavy atom. The van der Waals surface area contributed by atoms with Gasteiger partial charge < -0.3 is 18.8 Å². The van der Waals surface area contributed by atoms with Gasteiger partial charge in [0.15, 0.2) is 0 Å². The van der Waals surface area contributed by atoms with Gasteiger partial charge in [-0.1, -0.05) is 0 Å². The van der Waals surface area contributed by atoms with Crippen molar-refractivity contribution in [1.29, 1.82) is 0 Å². The highest BCUT2D eigenvalue weighted by Crippen LogP contribution is 2.42. The molecule has 0 saturated heterocycles. The minimum atomic E-state index is -5.06. The third-order valence-corrected chi connectivity index (χ3v) is 3.82. The van der Waals surface area contributed by atoms with Crippen LogP contribution in [0.1, 0.15) is 29.3 Å². The van der Waals surface area contributed by atoms with Crippen LogP contribution < -0.4 is 0 Å². The van der Waals surface area contributed by atoms with Crippen LogP contribution in [0.5, 0.6) is 0 Å². The summed E-state index contributed by atoms with van der Waals surface area (Å²) in [6, 6.07) is 3.95. The topological polar surface area (TPSA) is 66.8 Å². The van der Waals surface area contributed by atoms with Gasteiger partial charge in [-0.3, -0.25) is 4.79 Å². The molecule has 2 aromatic heterocycles. The zero-order valence-corrected chi connectivity index (χ0v) is 13.5. The van der Waals surface area contributed by atoms with E-state index in [2.05, 4.69) is 0 Å². The summed E-state index contributed by atoms with van der Waals surface area (Å²) in [4.78, 5) is 13.3. The van der Waals surface area contributed by atoms with E-state index in [4.69, 9.17) is 8.83 Å². The van der Waals surface area contributed by atoms with Gasteiger partial charge in [0.1, 0.15) is 17.3 Å². The van der Waals surface area contributed by atoms with Gasteiger partial charge in [0, 0.05) is 19.2 Å². The van der Waals surface area contributed by atoms with Crippen LogP contribution in [0, 0.1) is 13.8 Å². The van der Waals surface area contributed by atoms with Gasteiger partial charge in [-0.2, -0.15) is 13.2 Å². The van der Waals surface area contributed by atoms with Crippen LogP contribution in [0.25, 0.3) is 0 Å². The van der Waals surface area contributed by atoms with Crippen molar-refractivity contribution in [3.8, 4) is 0 Å². The molecule has 0 bridgehead atoms. The fraction of sp³-hybridized carbons (Fsp3) is 0.438. The summed E-state index contributed by atoms with van der Waals surface area (Å²) in [5, 5.41) is 10.1. The van der Waals surface area contributed by atoms with Crippen LogP contribution in [-0.4, -0.2) is 29.1 Å². The number of carbonyl (C=O) groups is 1. The number of aliphatic hydroxyl groups is 1. The Hall–Kier alpha value is -2.22. The third-order valence-electron chi connectivity index (χ3n) is 3.82. The summed E-state index contributed by atoms with van der Waals surface area (Å²) in [6.45, 7) is 3.22. The molecular formula is C16H18F3NO4. The number of rotatable bonds is 5. The Labute approximate surface area is 136 Å². The zero-order valence-electron chi connectivity index (χ0n) is 13.5. The molecule has 1 amide bonds. The van der Waals surface area contributed by atoms with E-state index in [9.17, 15) is 23.1 Å². The van der Waals surface area contributed by atoms with Crippen LogP contribution in [0.15, 0.2) is 33.3 Å². The average Bonchev–Trinajstić information content (AvgIpc) is 3.07. The van der Waals surface area contributed by atoms with Crippen molar-refractivity contribution >= 4 is 5.91 Å².